The molecule has 7 nitrogen and oxygen atoms in total. The Bertz CT molecular complexity index is 1260. The molecule has 3 rings (SSSR count). The Morgan fingerprint density at radius 3 is 2.51 bits per heavy atom. The molecule has 0 aliphatic rings. The normalized spacial score (nSPS) is 13.2. The van der Waals surface area contributed by atoms with E-state index < -0.39 is 60.6 Å². The summed E-state index contributed by atoms with van der Waals surface area (Å²) in [5.41, 5.74) is -1.55. The minimum atomic E-state index is -5.00. The van der Waals surface area contributed by atoms with E-state index in [4.69, 9.17) is 0 Å². The second kappa shape index (κ2) is 10.6. The van der Waals surface area contributed by atoms with Crippen LogP contribution in [0.25, 0.3) is 0 Å². The molecule has 0 spiro atoms. The zero-order valence-corrected chi connectivity index (χ0v) is 17.6. The van der Waals surface area contributed by atoms with E-state index in [0.29, 0.717) is 4.57 Å². The van der Waals surface area contributed by atoms with Gasteiger partial charge in [-0.1, -0.05) is 6.07 Å². The summed E-state index contributed by atoms with van der Waals surface area (Å²) in [5.74, 6) is -3.27. The molecular weight excluding hydrogens is 484 g/mol. The molecule has 0 radical (unpaired) electrons. The van der Waals surface area contributed by atoms with Gasteiger partial charge >= 0.3 is 6.18 Å². The van der Waals surface area contributed by atoms with Gasteiger partial charge in [-0.2, -0.15) is 13.2 Å². The number of rotatable bonds is 8. The highest BCUT2D eigenvalue weighted by molar-refractivity contribution is 5.94. The number of nitrogens with one attached hydrogen (secondary N) is 1. The summed E-state index contributed by atoms with van der Waals surface area (Å²) >= 11 is 0. The zero-order chi connectivity index (χ0) is 25.8. The third-order valence-corrected chi connectivity index (χ3v) is 4.83. The van der Waals surface area contributed by atoms with Crippen LogP contribution in [0.4, 0.5) is 26.3 Å². The smallest absolute Gasteiger partial charge is 0.416 e. The SMILES string of the molecule is O=C(N[C@@H](c1ccc(OCF)c(F)c1)c1ncccc1F)c1ccc(=O)n(C[C@H](O)C(F)(F)F)c1. The Labute approximate surface area is 193 Å². The summed E-state index contributed by atoms with van der Waals surface area (Å²) in [6.45, 7) is -2.47. The van der Waals surface area contributed by atoms with Gasteiger partial charge in [-0.25, -0.2) is 13.2 Å². The zero-order valence-electron chi connectivity index (χ0n) is 17.6. The number of carbonyl (C=O) groups is 1. The minimum absolute atomic E-state index is 0.0135. The average molecular weight is 501 g/mol. The van der Waals surface area contributed by atoms with Gasteiger partial charge in [0.25, 0.3) is 11.5 Å². The van der Waals surface area contributed by atoms with Gasteiger partial charge in [-0.05, 0) is 35.9 Å². The molecule has 1 aromatic carbocycles. The Kier molecular flexibility index (Phi) is 7.79. The van der Waals surface area contributed by atoms with Crippen molar-refractivity contribution < 1.29 is 41.0 Å². The van der Waals surface area contributed by atoms with E-state index in [1.54, 1.807) is 0 Å². The molecule has 0 unspecified atom stereocenters. The van der Waals surface area contributed by atoms with Crippen molar-refractivity contribution in [1.82, 2.24) is 14.9 Å². The Balaban J connectivity index is 1.96. The van der Waals surface area contributed by atoms with Crippen LogP contribution in [0.2, 0.25) is 0 Å². The first kappa shape index (κ1) is 25.7. The maximum Gasteiger partial charge on any atom is 0.416 e. The molecular formula is C22H17F6N3O4. The number of amides is 1. The van der Waals surface area contributed by atoms with Crippen molar-refractivity contribution in [2.75, 3.05) is 6.86 Å². The summed E-state index contributed by atoms with van der Waals surface area (Å²) in [6, 6.07) is 5.91. The summed E-state index contributed by atoms with van der Waals surface area (Å²) < 4.78 is 84.2. The lowest BCUT2D eigenvalue weighted by atomic mass is 10.0. The van der Waals surface area contributed by atoms with E-state index in [1.165, 1.54) is 18.3 Å². The lowest BCUT2D eigenvalue weighted by Gasteiger charge is -2.20. The van der Waals surface area contributed by atoms with Gasteiger partial charge in [0.05, 0.1) is 18.2 Å². The van der Waals surface area contributed by atoms with Crippen LogP contribution in [0, 0.1) is 11.6 Å². The molecule has 13 heteroatoms. The molecule has 0 bridgehead atoms. The van der Waals surface area contributed by atoms with E-state index in [-0.39, 0.29) is 16.8 Å². The number of carbonyl (C=O) groups excluding carboxylic acids is 1. The first-order valence-corrected chi connectivity index (χ1v) is 9.86. The lowest BCUT2D eigenvalue weighted by Crippen LogP contribution is -2.37. The Hall–Kier alpha value is -3.87. The van der Waals surface area contributed by atoms with Gasteiger partial charge in [0.15, 0.2) is 17.7 Å². The summed E-state index contributed by atoms with van der Waals surface area (Å²) in [7, 11) is 0. The number of nitrogens with zero attached hydrogens (tertiary/aromatic N) is 2. The van der Waals surface area contributed by atoms with E-state index >= 15 is 0 Å². The number of pyridine rings is 2. The predicted octanol–water partition coefficient (Wildman–Crippen LogP) is 3.27. The number of alkyl halides is 4. The molecule has 0 fully saturated rings. The van der Waals surface area contributed by atoms with Crippen LogP contribution >= 0.6 is 0 Å². The number of aliphatic hydroxyl groups excluding tert-OH is 1. The van der Waals surface area contributed by atoms with Crippen molar-refractivity contribution in [3.63, 3.8) is 0 Å². The van der Waals surface area contributed by atoms with Crippen molar-refractivity contribution in [2.45, 2.75) is 24.9 Å². The molecule has 1 amide bonds. The molecule has 0 aliphatic carbocycles. The monoisotopic (exact) mass is 501 g/mol. The molecule has 0 saturated heterocycles. The molecule has 2 heterocycles. The van der Waals surface area contributed by atoms with Crippen molar-refractivity contribution in [3.05, 3.63) is 93.7 Å². The molecule has 186 valence electrons. The van der Waals surface area contributed by atoms with E-state index in [2.05, 4.69) is 15.0 Å². The third-order valence-electron chi connectivity index (χ3n) is 4.83. The van der Waals surface area contributed by atoms with Gasteiger partial charge < -0.3 is 19.7 Å². The number of halogens is 6. The van der Waals surface area contributed by atoms with Crippen molar-refractivity contribution >= 4 is 5.91 Å². The Morgan fingerprint density at radius 2 is 1.89 bits per heavy atom. The van der Waals surface area contributed by atoms with Crippen LogP contribution in [0.5, 0.6) is 5.75 Å². The fourth-order valence-corrected chi connectivity index (χ4v) is 3.10. The quantitative estimate of drug-likeness (QED) is 0.463. The van der Waals surface area contributed by atoms with Gasteiger partial charge in [0, 0.05) is 18.5 Å². The number of aliphatic hydroxyl groups is 1. The standard InChI is InChI=1S/C22H17F6N3O4/c23-11-35-16-5-3-12(8-15(16)25)19(20-14(24)2-1-7-29-20)30-21(34)13-4-6-18(33)31(9-13)10-17(32)22(26,27)28/h1-9,17,19,32H,10-11H2,(H,30,34)/t17-,19-/m0/s1. The van der Waals surface area contributed by atoms with Crippen LogP contribution < -0.4 is 15.6 Å². The Morgan fingerprint density at radius 1 is 1.14 bits per heavy atom. The third kappa shape index (κ3) is 6.18. The largest absolute Gasteiger partial charge is 0.460 e. The second-order valence-electron chi connectivity index (χ2n) is 7.19. The van der Waals surface area contributed by atoms with Gasteiger partial charge in [0.1, 0.15) is 11.5 Å². The first-order chi connectivity index (χ1) is 16.5. The van der Waals surface area contributed by atoms with Crippen LogP contribution in [-0.2, 0) is 6.54 Å². The molecule has 2 N–H and O–H groups in total. The highest BCUT2D eigenvalue weighted by atomic mass is 19.4. The highest BCUT2D eigenvalue weighted by Crippen LogP contribution is 2.27. The second-order valence-corrected chi connectivity index (χ2v) is 7.19. The van der Waals surface area contributed by atoms with Gasteiger partial charge in [-0.15, -0.1) is 0 Å². The predicted molar refractivity (Wildman–Crippen MR) is 109 cm³/mol. The van der Waals surface area contributed by atoms with Gasteiger partial charge in [0.2, 0.25) is 6.86 Å². The van der Waals surface area contributed by atoms with E-state index in [0.717, 1.165) is 36.5 Å². The fraction of sp³-hybridized carbons (Fsp3) is 0.227. The van der Waals surface area contributed by atoms with Crippen molar-refractivity contribution in [3.8, 4) is 5.75 Å². The van der Waals surface area contributed by atoms with Crippen LogP contribution in [0.15, 0.2) is 59.7 Å². The maximum absolute atomic E-state index is 14.5. The maximum atomic E-state index is 14.5. The highest BCUT2D eigenvalue weighted by Gasteiger charge is 2.38. The topological polar surface area (TPSA) is 93.5 Å². The lowest BCUT2D eigenvalue weighted by molar-refractivity contribution is -0.207. The first-order valence-electron chi connectivity index (χ1n) is 9.86. The van der Waals surface area contributed by atoms with E-state index in [9.17, 15) is 41.0 Å². The van der Waals surface area contributed by atoms with Crippen LogP contribution in [-0.4, -0.2) is 39.7 Å². The van der Waals surface area contributed by atoms with Crippen LogP contribution in [0.1, 0.15) is 27.7 Å². The molecule has 2 aromatic heterocycles. The summed E-state index contributed by atoms with van der Waals surface area (Å²) in [6.07, 6.45) is -5.85. The summed E-state index contributed by atoms with van der Waals surface area (Å²) in [4.78, 5) is 28.7. The van der Waals surface area contributed by atoms with Crippen molar-refractivity contribution in [2.24, 2.45) is 0 Å². The van der Waals surface area contributed by atoms with E-state index in [1.807, 2.05) is 0 Å². The average Bonchev–Trinajstić information content (AvgIpc) is 2.80. The molecule has 0 aliphatic heterocycles. The number of hydrogen-bond donors (Lipinski definition) is 2. The summed E-state index contributed by atoms with van der Waals surface area (Å²) in [5, 5.41) is 11.6. The number of benzene rings is 1. The molecule has 0 saturated carbocycles. The van der Waals surface area contributed by atoms with Gasteiger partial charge in [-0.3, -0.25) is 14.6 Å². The van der Waals surface area contributed by atoms with Crippen molar-refractivity contribution in [1.29, 1.82) is 0 Å². The number of aromatic nitrogens is 2. The number of hydrogen-bond acceptors (Lipinski definition) is 5. The molecule has 3 aromatic rings. The molecule has 2 atom stereocenters. The molecule has 35 heavy (non-hydrogen) atoms. The number of ether oxygens (including phenoxy) is 1. The fourth-order valence-electron chi connectivity index (χ4n) is 3.10. The minimum Gasteiger partial charge on any atom is -0.460 e. The van der Waals surface area contributed by atoms with Crippen LogP contribution in [0.3, 0.4) is 0 Å².